The Bertz CT molecular complexity index is 1530. The third-order valence-corrected chi connectivity index (χ3v) is 8.45. The zero-order valence-electron chi connectivity index (χ0n) is 24.8. The molecule has 0 spiro atoms. The first-order valence-corrected chi connectivity index (χ1v) is 15.1. The van der Waals surface area contributed by atoms with Crippen LogP contribution in [0.5, 0.6) is 5.75 Å². The number of piperazine rings is 1. The van der Waals surface area contributed by atoms with Crippen molar-refractivity contribution in [1.29, 1.82) is 0 Å². The van der Waals surface area contributed by atoms with E-state index in [4.69, 9.17) is 19.9 Å². The van der Waals surface area contributed by atoms with Gasteiger partial charge in [0.15, 0.2) is 0 Å². The standard InChI is InChI=1S/C33H40N6O4/c1-3-25(2)39-32(40)38(24-35-39)29-11-9-27(10-12-29)36-17-19-37(20-18-36)28-13-15-30(16-14-28)41-21-31-22-42-33(23-34,43-31)26-7-5-4-6-8-26/h4-16,24-25,31H,3,17-23,34H2,1-2H3/t25?,31-,33-/m1/s1. The molecule has 4 aromatic rings. The summed E-state index contributed by atoms with van der Waals surface area (Å²) in [5.41, 5.74) is 10.00. The number of anilines is 2. The predicted molar refractivity (Wildman–Crippen MR) is 167 cm³/mol. The largest absolute Gasteiger partial charge is 0.491 e. The summed E-state index contributed by atoms with van der Waals surface area (Å²) in [6, 6.07) is 26.3. The van der Waals surface area contributed by atoms with Gasteiger partial charge in [-0.15, -0.1) is 0 Å². The lowest BCUT2D eigenvalue weighted by Gasteiger charge is -2.37. The van der Waals surface area contributed by atoms with Gasteiger partial charge in [0.2, 0.25) is 5.79 Å². The van der Waals surface area contributed by atoms with Crippen LogP contribution in [0.2, 0.25) is 0 Å². The smallest absolute Gasteiger partial charge is 0.350 e. The first-order valence-electron chi connectivity index (χ1n) is 15.1. The van der Waals surface area contributed by atoms with Crippen LogP contribution in [0.25, 0.3) is 5.69 Å². The van der Waals surface area contributed by atoms with Crippen molar-refractivity contribution >= 4 is 11.4 Å². The minimum atomic E-state index is -0.917. The van der Waals surface area contributed by atoms with E-state index in [1.165, 1.54) is 5.69 Å². The molecular weight excluding hydrogens is 544 g/mol. The molecular formula is C33H40N6O4. The van der Waals surface area contributed by atoms with Gasteiger partial charge >= 0.3 is 5.69 Å². The van der Waals surface area contributed by atoms with Crippen LogP contribution in [0, 0.1) is 0 Å². The molecule has 3 heterocycles. The normalized spacial score (nSPS) is 21.2. The van der Waals surface area contributed by atoms with Gasteiger partial charge in [0.05, 0.1) is 24.9 Å². The highest BCUT2D eigenvalue weighted by Gasteiger charge is 2.42. The fourth-order valence-corrected chi connectivity index (χ4v) is 5.67. The number of hydrogen-bond donors (Lipinski definition) is 1. The minimum Gasteiger partial charge on any atom is -0.491 e. The number of ether oxygens (including phenoxy) is 3. The van der Waals surface area contributed by atoms with E-state index in [0.717, 1.165) is 55.3 Å². The zero-order valence-corrected chi connectivity index (χ0v) is 24.8. The highest BCUT2D eigenvalue weighted by atomic mass is 16.8. The molecule has 2 fully saturated rings. The van der Waals surface area contributed by atoms with Gasteiger partial charge in [-0.2, -0.15) is 5.10 Å². The van der Waals surface area contributed by atoms with Crippen molar-refractivity contribution < 1.29 is 14.2 Å². The summed E-state index contributed by atoms with van der Waals surface area (Å²) in [4.78, 5) is 17.5. The van der Waals surface area contributed by atoms with Gasteiger partial charge < -0.3 is 29.7 Å². The Labute approximate surface area is 252 Å². The van der Waals surface area contributed by atoms with Gasteiger partial charge in [-0.3, -0.25) is 0 Å². The summed E-state index contributed by atoms with van der Waals surface area (Å²) in [7, 11) is 0. The quantitative estimate of drug-likeness (QED) is 0.299. The predicted octanol–water partition coefficient (Wildman–Crippen LogP) is 3.94. The number of rotatable bonds is 10. The number of nitrogens with two attached hydrogens (primary N) is 1. The Morgan fingerprint density at radius 1 is 0.930 bits per heavy atom. The van der Waals surface area contributed by atoms with Gasteiger partial charge in [-0.1, -0.05) is 37.3 Å². The van der Waals surface area contributed by atoms with Crippen molar-refractivity contribution in [3.05, 3.63) is 101 Å². The summed E-state index contributed by atoms with van der Waals surface area (Å²) in [6.45, 7) is 8.77. The summed E-state index contributed by atoms with van der Waals surface area (Å²) in [6.07, 6.45) is 2.26. The number of nitrogens with zero attached hydrogens (tertiary/aromatic N) is 5. The van der Waals surface area contributed by atoms with Crippen LogP contribution in [0.15, 0.2) is 90.0 Å². The van der Waals surface area contributed by atoms with Crippen molar-refractivity contribution in [3.8, 4) is 11.4 Å². The third kappa shape index (κ3) is 6.04. The molecule has 1 aromatic heterocycles. The summed E-state index contributed by atoms with van der Waals surface area (Å²) in [5.74, 6) is -0.120. The lowest BCUT2D eigenvalue weighted by Crippen LogP contribution is -2.46. The molecule has 2 aliphatic heterocycles. The highest BCUT2D eigenvalue weighted by molar-refractivity contribution is 5.54. The molecule has 0 amide bonds. The van der Waals surface area contributed by atoms with E-state index >= 15 is 0 Å². The van der Waals surface area contributed by atoms with E-state index in [-0.39, 0.29) is 24.4 Å². The van der Waals surface area contributed by atoms with Gasteiger partial charge in [0, 0.05) is 43.1 Å². The molecule has 2 aliphatic rings. The van der Waals surface area contributed by atoms with E-state index in [2.05, 4.69) is 46.1 Å². The molecule has 10 heteroatoms. The topological polar surface area (TPSA) is 100 Å². The van der Waals surface area contributed by atoms with Crippen molar-refractivity contribution in [2.24, 2.45) is 5.73 Å². The first kappa shape index (κ1) is 29.0. The van der Waals surface area contributed by atoms with Crippen molar-refractivity contribution in [2.75, 3.05) is 55.7 Å². The maximum Gasteiger partial charge on any atom is 0.350 e. The minimum absolute atomic E-state index is 0.0763. The van der Waals surface area contributed by atoms with Crippen LogP contribution in [-0.2, 0) is 15.3 Å². The lowest BCUT2D eigenvalue weighted by molar-refractivity contribution is -0.171. The molecule has 0 bridgehead atoms. The maximum absolute atomic E-state index is 12.8. The molecule has 2 saturated heterocycles. The molecule has 2 N–H and O–H groups in total. The fourth-order valence-electron chi connectivity index (χ4n) is 5.67. The molecule has 43 heavy (non-hydrogen) atoms. The molecule has 3 aromatic carbocycles. The van der Waals surface area contributed by atoms with E-state index < -0.39 is 5.79 Å². The number of hydrogen-bond acceptors (Lipinski definition) is 8. The molecule has 6 rings (SSSR count). The Balaban J connectivity index is 0.994. The summed E-state index contributed by atoms with van der Waals surface area (Å²) in [5, 5.41) is 4.29. The highest BCUT2D eigenvalue weighted by Crippen LogP contribution is 2.33. The second kappa shape index (κ2) is 12.6. The molecule has 0 radical (unpaired) electrons. The van der Waals surface area contributed by atoms with Crippen LogP contribution in [-0.4, -0.2) is 66.4 Å². The third-order valence-electron chi connectivity index (χ3n) is 8.45. The first-order chi connectivity index (χ1) is 21.0. The average molecular weight is 585 g/mol. The van der Waals surface area contributed by atoms with Crippen molar-refractivity contribution in [3.63, 3.8) is 0 Å². The van der Waals surface area contributed by atoms with Crippen LogP contribution in [0.1, 0.15) is 31.9 Å². The average Bonchev–Trinajstić information content (AvgIpc) is 3.68. The number of benzene rings is 3. The fraction of sp³-hybridized carbons (Fsp3) is 0.394. The monoisotopic (exact) mass is 584 g/mol. The second-order valence-corrected chi connectivity index (χ2v) is 11.2. The molecule has 226 valence electrons. The maximum atomic E-state index is 12.8. The molecule has 0 aliphatic carbocycles. The van der Waals surface area contributed by atoms with Crippen LogP contribution >= 0.6 is 0 Å². The van der Waals surface area contributed by atoms with Crippen LogP contribution in [0.4, 0.5) is 11.4 Å². The van der Waals surface area contributed by atoms with Gasteiger partial charge in [-0.05, 0) is 61.9 Å². The van der Waals surface area contributed by atoms with E-state index in [1.54, 1.807) is 15.6 Å². The van der Waals surface area contributed by atoms with E-state index in [0.29, 0.717) is 13.2 Å². The summed E-state index contributed by atoms with van der Waals surface area (Å²) < 4.78 is 21.4. The van der Waals surface area contributed by atoms with E-state index in [1.807, 2.05) is 61.5 Å². The molecule has 10 nitrogen and oxygen atoms in total. The molecule has 3 atom stereocenters. The van der Waals surface area contributed by atoms with Crippen LogP contribution in [0.3, 0.4) is 0 Å². The second-order valence-electron chi connectivity index (χ2n) is 11.2. The Morgan fingerprint density at radius 2 is 1.53 bits per heavy atom. The van der Waals surface area contributed by atoms with E-state index in [9.17, 15) is 4.79 Å². The van der Waals surface area contributed by atoms with Gasteiger partial charge in [0.25, 0.3) is 0 Å². The molecule has 0 saturated carbocycles. The summed E-state index contributed by atoms with van der Waals surface area (Å²) >= 11 is 0. The number of aromatic nitrogens is 3. The van der Waals surface area contributed by atoms with Gasteiger partial charge in [-0.25, -0.2) is 14.0 Å². The molecule has 1 unspecified atom stereocenters. The SMILES string of the molecule is CCC(C)n1ncn(-c2ccc(N3CCN(c4ccc(OC[C@@H]5CO[C@@](CN)(c6ccccc6)O5)cc4)CC3)cc2)c1=O. The Hall–Kier alpha value is -4.12. The van der Waals surface area contributed by atoms with Crippen molar-refractivity contribution in [1.82, 2.24) is 14.3 Å². The Morgan fingerprint density at radius 3 is 2.14 bits per heavy atom. The van der Waals surface area contributed by atoms with Crippen LogP contribution < -0.4 is 26.0 Å². The zero-order chi connectivity index (χ0) is 29.8. The lowest BCUT2D eigenvalue weighted by atomic mass is 10.1. The van der Waals surface area contributed by atoms with Gasteiger partial charge in [0.1, 0.15) is 24.8 Å². The van der Waals surface area contributed by atoms with Crippen molar-refractivity contribution in [2.45, 2.75) is 38.2 Å². The Kier molecular flexibility index (Phi) is 8.51.